The molecule has 6 heteroatoms. The summed E-state index contributed by atoms with van der Waals surface area (Å²) in [7, 11) is 0. The van der Waals surface area contributed by atoms with Gasteiger partial charge in [-0.05, 0) is 17.9 Å². The Hall–Kier alpha value is -1.53. The first kappa shape index (κ1) is 14.4. The molecule has 0 heterocycles. The molecule has 0 aromatic heterocycles. The average molecular weight is 307 g/mol. The maximum Gasteiger partial charge on any atom is 0.324 e. The summed E-state index contributed by atoms with van der Waals surface area (Å²) in [5, 5.41) is 18.6. The van der Waals surface area contributed by atoms with Crippen molar-refractivity contribution < 1.29 is 19.8 Å². The van der Waals surface area contributed by atoms with Gasteiger partial charge in [0.15, 0.2) is 0 Å². The van der Waals surface area contributed by atoms with Crippen molar-refractivity contribution in [3.05, 3.63) is 35.9 Å². The van der Waals surface area contributed by atoms with Crippen LogP contribution in [0.25, 0.3) is 0 Å². The number of rotatable bonds is 5. The molecule has 4 N–H and O–H groups in total. The van der Waals surface area contributed by atoms with Crippen LogP contribution in [0.4, 0.5) is 0 Å². The molecule has 2 fully saturated rings. The van der Waals surface area contributed by atoms with Gasteiger partial charge in [-0.25, -0.2) is 0 Å². The Morgan fingerprint density at radius 3 is 2.52 bits per heavy atom. The molecule has 2 aliphatic carbocycles. The van der Waals surface area contributed by atoms with Crippen molar-refractivity contribution in [3.8, 4) is 0 Å². The molecule has 0 radical (unpaired) electrons. The summed E-state index contributed by atoms with van der Waals surface area (Å²) in [6.07, 6.45) is 0.346. The first-order valence-corrected chi connectivity index (χ1v) is 7.90. The summed E-state index contributed by atoms with van der Waals surface area (Å²) in [5.41, 5.74) is 5.76. The molecule has 5 nitrogen and oxygen atoms in total. The molecule has 0 aliphatic heterocycles. The Kier molecular flexibility index (Phi) is 3.45. The van der Waals surface area contributed by atoms with Gasteiger partial charge in [-0.1, -0.05) is 30.3 Å². The Morgan fingerprint density at radius 2 is 1.95 bits per heavy atom. The second kappa shape index (κ2) is 5.03. The molecule has 5 unspecified atom stereocenters. The molecular formula is C15H17NO4S. The lowest BCUT2D eigenvalue weighted by Crippen LogP contribution is -2.50. The molecule has 21 heavy (non-hydrogen) atoms. The zero-order valence-electron chi connectivity index (χ0n) is 11.3. The highest BCUT2D eigenvalue weighted by molar-refractivity contribution is 7.99. The van der Waals surface area contributed by atoms with Crippen LogP contribution in [-0.4, -0.2) is 32.9 Å². The minimum Gasteiger partial charge on any atom is -0.481 e. The third-order valence-corrected chi connectivity index (χ3v) is 6.04. The van der Waals surface area contributed by atoms with Gasteiger partial charge in [-0.3, -0.25) is 9.59 Å². The van der Waals surface area contributed by atoms with E-state index in [0.717, 1.165) is 11.3 Å². The van der Waals surface area contributed by atoms with Crippen molar-refractivity contribution in [2.75, 3.05) is 0 Å². The highest BCUT2D eigenvalue weighted by Gasteiger charge is 2.73. The lowest BCUT2D eigenvalue weighted by atomic mass is 9.91. The molecule has 0 bridgehead atoms. The molecule has 3 rings (SSSR count). The summed E-state index contributed by atoms with van der Waals surface area (Å²) in [4.78, 5) is 22.7. The highest BCUT2D eigenvalue weighted by atomic mass is 32.2. The van der Waals surface area contributed by atoms with Gasteiger partial charge in [-0.2, -0.15) is 11.8 Å². The molecule has 0 amide bonds. The maximum atomic E-state index is 11.4. The van der Waals surface area contributed by atoms with Crippen molar-refractivity contribution in [3.63, 3.8) is 0 Å². The fourth-order valence-electron chi connectivity index (χ4n) is 3.56. The fraction of sp³-hybridized carbons (Fsp3) is 0.467. The zero-order chi connectivity index (χ0) is 15.2. The van der Waals surface area contributed by atoms with Crippen LogP contribution >= 0.6 is 11.8 Å². The van der Waals surface area contributed by atoms with Gasteiger partial charge < -0.3 is 15.9 Å². The molecule has 5 atom stereocenters. The molecule has 0 saturated heterocycles. The first-order valence-electron chi connectivity index (χ1n) is 6.86. The molecule has 112 valence electrons. The molecule has 2 saturated carbocycles. The summed E-state index contributed by atoms with van der Waals surface area (Å²) < 4.78 is 0. The van der Waals surface area contributed by atoms with E-state index in [0.29, 0.717) is 6.42 Å². The number of hydrogen-bond acceptors (Lipinski definition) is 4. The fourth-order valence-corrected chi connectivity index (χ4v) is 5.11. The quantitative estimate of drug-likeness (QED) is 0.760. The van der Waals surface area contributed by atoms with Crippen molar-refractivity contribution >= 4 is 23.7 Å². The number of nitrogens with two attached hydrogens (primary N) is 1. The van der Waals surface area contributed by atoms with E-state index >= 15 is 0 Å². The number of carboxylic acids is 2. The summed E-state index contributed by atoms with van der Waals surface area (Å²) in [5.74, 6) is -2.40. The lowest BCUT2D eigenvalue weighted by Gasteiger charge is -2.24. The number of thioether (sulfide) groups is 1. The Bertz CT molecular complexity index is 578. The van der Waals surface area contributed by atoms with Gasteiger partial charge in [0.2, 0.25) is 0 Å². The van der Waals surface area contributed by atoms with E-state index in [1.54, 1.807) is 11.8 Å². The Balaban J connectivity index is 1.72. The standard InChI is InChI=1S/C15H17NO4S/c16-15(14(19)20)6-9(10-11(12(10)15)13(17)18)21-7-8-4-2-1-3-5-8/h1-5,9-12H,6-7,16H2,(H,17,18)(H,19,20). The van der Waals surface area contributed by atoms with Gasteiger partial charge in [0, 0.05) is 16.9 Å². The maximum absolute atomic E-state index is 11.4. The largest absolute Gasteiger partial charge is 0.481 e. The van der Waals surface area contributed by atoms with Crippen LogP contribution in [0.5, 0.6) is 0 Å². The van der Waals surface area contributed by atoms with Crippen molar-refractivity contribution in [2.45, 2.75) is 23.0 Å². The molecular weight excluding hydrogens is 290 g/mol. The number of benzene rings is 1. The number of carboxylic acid groups (broad SMARTS) is 2. The van der Waals surface area contributed by atoms with Crippen LogP contribution in [0.1, 0.15) is 12.0 Å². The number of aliphatic carboxylic acids is 2. The van der Waals surface area contributed by atoms with Crippen LogP contribution in [0.3, 0.4) is 0 Å². The van der Waals surface area contributed by atoms with Crippen molar-refractivity contribution in [1.82, 2.24) is 0 Å². The van der Waals surface area contributed by atoms with Crippen LogP contribution in [0.2, 0.25) is 0 Å². The highest BCUT2D eigenvalue weighted by Crippen LogP contribution is 2.64. The Labute approximate surface area is 126 Å². The van der Waals surface area contributed by atoms with E-state index < -0.39 is 29.3 Å². The number of carbonyl (C=O) groups is 2. The van der Waals surface area contributed by atoms with Gasteiger partial charge in [0.25, 0.3) is 0 Å². The van der Waals surface area contributed by atoms with E-state index in [4.69, 9.17) is 5.73 Å². The predicted molar refractivity (Wildman–Crippen MR) is 78.8 cm³/mol. The van der Waals surface area contributed by atoms with E-state index in [-0.39, 0.29) is 11.2 Å². The third kappa shape index (κ3) is 2.32. The third-order valence-electron chi connectivity index (χ3n) is 4.63. The van der Waals surface area contributed by atoms with Crippen molar-refractivity contribution in [1.29, 1.82) is 0 Å². The molecule has 0 spiro atoms. The van der Waals surface area contributed by atoms with E-state index in [1.165, 1.54) is 0 Å². The second-order valence-electron chi connectivity index (χ2n) is 5.85. The number of fused-ring (bicyclic) bond motifs is 1. The monoisotopic (exact) mass is 307 g/mol. The van der Waals surface area contributed by atoms with Gasteiger partial charge in [-0.15, -0.1) is 0 Å². The SMILES string of the molecule is NC1(C(=O)O)CC(SCc2ccccc2)C2C(C(=O)O)C21. The average Bonchev–Trinajstić information content (AvgIpc) is 3.14. The first-order chi connectivity index (χ1) is 9.95. The van der Waals surface area contributed by atoms with Gasteiger partial charge in [0.1, 0.15) is 5.54 Å². The minimum atomic E-state index is -1.39. The van der Waals surface area contributed by atoms with Gasteiger partial charge >= 0.3 is 11.9 Å². The normalized spacial score (nSPS) is 37.0. The molecule has 1 aromatic rings. The van der Waals surface area contributed by atoms with Crippen LogP contribution in [0.15, 0.2) is 30.3 Å². The van der Waals surface area contributed by atoms with Crippen LogP contribution < -0.4 is 5.73 Å². The number of hydrogen-bond donors (Lipinski definition) is 3. The van der Waals surface area contributed by atoms with Gasteiger partial charge in [0.05, 0.1) is 5.92 Å². The van der Waals surface area contributed by atoms with Crippen LogP contribution in [0, 0.1) is 17.8 Å². The lowest BCUT2D eigenvalue weighted by molar-refractivity contribution is -0.145. The summed E-state index contributed by atoms with van der Waals surface area (Å²) >= 11 is 1.62. The molecule has 2 aliphatic rings. The molecule has 1 aromatic carbocycles. The Morgan fingerprint density at radius 1 is 1.29 bits per heavy atom. The van der Waals surface area contributed by atoms with E-state index in [1.807, 2.05) is 30.3 Å². The predicted octanol–water partition coefficient (Wildman–Crippen LogP) is 1.42. The minimum absolute atomic E-state index is 0.00240. The smallest absolute Gasteiger partial charge is 0.324 e. The van der Waals surface area contributed by atoms with E-state index in [2.05, 4.69) is 0 Å². The van der Waals surface area contributed by atoms with E-state index in [9.17, 15) is 19.8 Å². The summed E-state index contributed by atoms with van der Waals surface area (Å²) in [6.45, 7) is 0. The zero-order valence-corrected chi connectivity index (χ0v) is 12.1. The summed E-state index contributed by atoms with van der Waals surface area (Å²) in [6, 6.07) is 9.86. The van der Waals surface area contributed by atoms with Crippen LogP contribution in [-0.2, 0) is 15.3 Å². The van der Waals surface area contributed by atoms with Crippen molar-refractivity contribution in [2.24, 2.45) is 23.5 Å². The topological polar surface area (TPSA) is 101 Å². The second-order valence-corrected chi connectivity index (χ2v) is 7.08.